The van der Waals surface area contributed by atoms with Crippen molar-refractivity contribution in [3.05, 3.63) is 68.7 Å². The number of aryl methyl sites for hydroxylation is 1. The molecule has 2 atom stereocenters. The average molecular weight is 484 g/mol. The number of rotatable bonds is 5. The molecule has 0 aliphatic heterocycles. The molecule has 2 aromatic carbocycles. The number of anilines is 1. The van der Waals surface area contributed by atoms with Crippen LogP contribution in [-0.4, -0.2) is 22.5 Å². The van der Waals surface area contributed by atoms with Crippen LogP contribution < -0.4 is 5.32 Å². The first-order chi connectivity index (χ1) is 15.9. The van der Waals surface area contributed by atoms with Crippen molar-refractivity contribution in [1.82, 2.24) is 0 Å². The lowest BCUT2D eigenvalue weighted by Gasteiger charge is -2.39. The minimum atomic E-state index is -0.707. The summed E-state index contributed by atoms with van der Waals surface area (Å²) in [5.41, 5.74) is 0.747. The van der Waals surface area contributed by atoms with E-state index in [1.54, 1.807) is 18.2 Å². The van der Waals surface area contributed by atoms with Crippen LogP contribution in [0.15, 0.2) is 47.6 Å². The number of halogens is 1. The van der Waals surface area contributed by atoms with Gasteiger partial charge in [-0.2, -0.15) is 0 Å². The fourth-order valence-corrected chi connectivity index (χ4v) is 5.63. The lowest BCUT2D eigenvalue weighted by Crippen LogP contribution is -2.43. The number of oxime groups is 1. The van der Waals surface area contributed by atoms with Gasteiger partial charge in [0.15, 0.2) is 0 Å². The number of hydrogen-bond donors (Lipinski definition) is 1. The van der Waals surface area contributed by atoms with Crippen molar-refractivity contribution >= 4 is 40.6 Å². The minimum absolute atomic E-state index is 0.0847. The van der Waals surface area contributed by atoms with Crippen LogP contribution in [0.2, 0.25) is 5.02 Å². The standard InChI is InChI=1S/C25H26ClN3O5/c1-15-13-17(26)7-10-19(15)27-22(31)25-12-11-24(4,23(25,2)3)20(14-25)28-34-21(30)16-5-8-18(9-6-16)29(32)33/h5-10,13H,11-12,14H2,1-4H3,(H,27,31)/b28-20-. The summed E-state index contributed by atoms with van der Waals surface area (Å²) in [5.74, 6) is -0.791. The molecule has 0 radical (unpaired) electrons. The molecule has 1 N–H and O–H groups in total. The van der Waals surface area contributed by atoms with Gasteiger partial charge in [-0.05, 0) is 61.1 Å². The molecule has 2 saturated carbocycles. The largest absolute Gasteiger partial charge is 0.365 e. The molecule has 0 spiro atoms. The Morgan fingerprint density at radius 3 is 2.41 bits per heavy atom. The first kappa shape index (κ1) is 23.9. The highest BCUT2D eigenvalue weighted by atomic mass is 35.5. The van der Waals surface area contributed by atoms with Crippen LogP contribution in [-0.2, 0) is 9.63 Å². The van der Waals surface area contributed by atoms with E-state index < -0.39 is 27.1 Å². The van der Waals surface area contributed by atoms with E-state index in [2.05, 4.69) is 31.2 Å². The fourth-order valence-electron chi connectivity index (χ4n) is 5.40. The number of non-ortho nitro benzene ring substituents is 1. The monoisotopic (exact) mass is 483 g/mol. The third-order valence-corrected chi connectivity index (χ3v) is 8.39. The molecule has 0 saturated heterocycles. The first-order valence-electron chi connectivity index (χ1n) is 11.0. The van der Waals surface area contributed by atoms with Gasteiger partial charge in [-0.25, -0.2) is 4.79 Å². The number of nitrogens with zero attached hydrogens (tertiary/aromatic N) is 2. The summed E-state index contributed by atoms with van der Waals surface area (Å²) >= 11 is 6.05. The van der Waals surface area contributed by atoms with Crippen molar-refractivity contribution in [3.8, 4) is 0 Å². The second-order valence-electron chi connectivity index (χ2n) is 9.85. The molecule has 0 heterocycles. The number of benzene rings is 2. The highest BCUT2D eigenvalue weighted by Crippen LogP contribution is 2.71. The van der Waals surface area contributed by atoms with Crippen LogP contribution in [0.25, 0.3) is 0 Å². The average Bonchev–Trinajstić information content (AvgIpc) is 3.10. The Kier molecular flexibility index (Phi) is 5.76. The summed E-state index contributed by atoms with van der Waals surface area (Å²) in [6, 6.07) is 10.5. The number of nitrogens with one attached hydrogen (secondary N) is 1. The van der Waals surface area contributed by atoms with Crippen molar-refractivity contribution in [2.45, 2.75) is 47.0 Å². The van der Waals surface area contributed by atoms with Crippen molar-refractivity contribution in [2.75, 3.05) is 5.32 Å². The Balaban J connectivity index is 1.57. The Morgan fingerprint density at radius 2 is 1.79 bits per heavy atom. The second kappa shape index (κ2) is 8.20. The Hall–Kier alpha value is -3.26. The second-order valence-corrected chi connectivity index (χ2v) is 10.3. The Labute approximate surface area is 202 Å². The van der Waals surface area contributed by atoms with Gasteiger partial charge in [0.1, 0.15) is 0 Å². The maximum absolute atomic E-state index is 13.6. The molecule has 0 aromatic heterocycles. The smallest absolute Gasteiger partial charge is 0.325 e. The van der Waals surface area contributed by atoms with Gasteiger partial charge in [-0.15, -0.1) is 0 Å². The van der Waals surface area contributed by atoms with Gasteiger partial charge in [-0.1, -0.05) is 37.5 Å². The van der Waals surface area contributed by atoms with E-state index >= 15 is 0 Å². The zero-order valence-corrected chi connectivity index (χ0v) is 20.2. The third kappa shape index (κ3) is 3.57. The topological polar surface area (TPSA) is 111 Å². The van der Waals surface area contributed by atoms with Crippen LogP contribution in [0, 0.1) is 33.3 Å². The van der Waals surface area contributed by atoms with Crippen LogP contribution in [0.1, 0.15) is 56.0 Å². The number of nitro benzene ring substituents is 1. The molecule has 2 aromatic rings. The molecule has 2 aliphatic rings. The van der Waals surface area contributed by atoms with E-state index in [0.29, 0.717) is 29.3 Å². The van der Waals surface area contributed by atoms with E-state index in [-0.39, 0.29) is 17.2 Å². The van der Waals surface area contributed by atoms with Crippen LogP contribution >= 0.6 is 11.6 Å². The van der Waals surface area contributed by atoms with E-state index in [4.69, 9.17) is 16.4 Å². The minimum Gasteiger partial charge on any atom is -0.325 e. The van der Waals surface area contributed by atoms with Crippen molar-refractivity contribution in [2.24, 2.45) is 21.4 Å². The number of carbonyl (C=O) groups excluding carboxylic acids is 2. The van der Waals surface area contributed by atoms with Gasteiger partial charge in [0.05, 0.1) is 21.6 Å². The summed E-state index contributed by atoms with van der Waals surface area (Å²) in [4.78, 5) is 41.6. The quantitative estimate of drug-likeness (QED) is 0.322. The predicted octanol–water partition coefficient (Wildman–Crippen LogP) is 5.92. The zero-order valence-electron chi connectivity index (χ0n) is 19.5. The van der Waals surface area contributed by atoms with Crippen molar-refractivity contribution in [3.63, 3.8) is 0 Å². The van der Waals surface area contributed by atoms with Crippen LogP contribution in [0.4, 0.5) is 11.4 Å². The molecule has 178 valence electrons. The molecule has 2 fully saturated rings. The molecule has 9 heteroatoms. The molecular weight excluding hydrogens is 458 g/mol. The number of carbonyl (C=O) groups is 2. The lowest BCUT2D eigenvalue weighted by atomic mass is 9.64. The van der Waals surface area contributed by atoms with Crippen LogP contribution in [0.3, 0.4) is 0 Å². The molecule has 2 unspecified atom stereocenters. The number of amides is 1. The number of nitro groups is 1. The van der Waals surface area contributed by atoms with Gasteiger partial charge in [0, 0.05) is 34.7 Å². The normalized spacial score (nSPS) is 25.9. The van der Waals surface area contributed by atoms with Gasteiger partial charge in [0.2, 0.25) is 5.91 Å². The first-order valence-corrected chi connectivity index (χ1v) is 11.4. The maximum Gasteiger partial charge on any atom is 0.365 e. The molecular formula is C25H26ClN3O5. The van der Waals surface area contributed by atoms with E-state index in [1.165, 1.54) is 24.3 Å². The molecule has 2 bridgehead atoms. The van der Waals surface area contributed by atoms with E-state index in [0.717, 1.165) is 12.0 Å². The molecule has 4 rings (SSSR count). The maximum atomic E-state index is 13.6. The fraction of sp³-hybridized carbons (Fsp3) is 0.400. The Bertz CT molecular complexity index is 1220. The summed E-state index contributed by atoms with van der Waals surface area (Å²) in [7, 11) is 0. The summed E-state index contributed by atoms with van der Waals surface area (Å²) in [6.45, 7) is 8.08. The molecule has 8 nitrogen and oxygen atoms in total. The predicted molar refractivity (Wildman–Crippen MR) is 129 cm³/mol. The van der Waals surface area contributed by atoms with Gasteiger partial charge in [0.25, 0.3) is 5.69 Å². The number of fused-ring (bicyclic) bond motifs is 2. The number of hydrogen-bond acceptors (Lipinski definition) is 6. The molecule has 2 aliphatic carbocycles. The van der Waals surface area contributed by atoms with Crippen LogP contribution in [0.5, 0.6) is 0 Å². The summed E-state index contributed by atoms with van der Waals surface area (Å²) in [6.07, 6.45) is 1.81. The molecule has 34 heavy (non-hydrogen) atoms. The highest BCUT2D eigenvalue weighted by molar-refractivity contribution is 6.30. The lowest BCUT2D eigenvalue weighted by molar-refractivity contribution is -0.384. The highest BCUT2D eigenvalue weighted by Gasteiger charge is 2.71. The Morgan fingerprint density at radius 1 is 1.12 bits per heavy atom. The SMILES string of the molecule is Cc1cc(Cl)ccc1NC(=O)C12CCC(C)(/C(=N\OC(=O)c3ccc([N+](=O)[O-])cc3)C1)C2(C)C. The zero-order chi connectivity index (χ0) is 24.9. The molecule has 1 amide bonds. The van der Waals surface area contributed by atoms with Gasteiger partial charge < -0.3 is 10.2 Å². The summed E-state index contributed by atoms with van der Waals surface area (Å²) in [5, 5.41) is 18.7. The van der Waals surface area contributed by atoms with Crippen molar-refractivity contribution < 1.29 is 19.3 Å². The van der Waals surface area contributed by atoms with Crippen molar-refractivity contribution in [1.29, 1.82) is 0 Å². The van der Waals surface area contributed by atoms with E-state index in [9.17, 15) is 19.7 Å². The van der Waals surface area contributed by atoms with E-state index in [1.807, 2.05) is 6.92 Å². The van der Waals surface area contributed by atoms with Gasteiger partial charge in [-0.3, -0.25) is 14.9 Å². The summed E-state index contributed by atoms with van der Waals surface area (Å²) < 4.78 is 0. The van der Waals surface area contributed by atoms with Gasteiger partial charge >= 0.3 is 5.97 Å². The third-order valence-electron chi connectivity index (χ3n) is 8.16.